The quantitative estimate of drug-likeness (QED) is 0.616. The van der Waals surface area contributed by atoms with Crippen molar-refractivity contribution in [1.82, 2.24) is 4.90 Å². The molecule has 1 atom stereocenters. The summed E-state index contributed by atoms with van der Waals surface area (Å²) in [5, 5.41) is 2.19. The summed E-state index contributed by atoms with van der Waals surface area (Å²) in [7, 11) is 0. The Bertz CT molecular complexity index is 955. The smallest absolute Gasteiger partial charge is 0.307 e. The number of benzene rings is 2. The predicted molar refractivity (Wildman–Crippen MR) is 102 cm³/mol. The van der Waals surface area contributed by atoms with Gasteiger partial charge < -0.3 is 10.1 Å². The summed E-state index contributed by atoms with van der Waals surface area (Å²) < 4.78 is 5.16. The number of thioether (sulfide) groups is 1. The molecule has 0 fully saturated rings. The summed E-state index contributed by atoms with van der Waals surface area (Å²) in [4.78, 5) is 50.8. The predicted octanol–water partition coefficient (Wildman–Crippen LogP) is 2.33. The van der Waals surface area contributed by atoms with E-state index < -0.39 is 23.0 Å². The van der Waals surface area contributed by atoms with Gasteiger partial charge in [0.1, 0.15) is 6.61 Å². The second-order valence-corrected chi connectivity index (χ2v) is 7.57. The molecule has 142 valence electrons. The SMILES string of the molecule is O=C(C[C@@H]1Sc2ccccc2NC1=O)OCCN1C(=O)c2ccccc2C1=O. The van der Waals surface area contributed by atoms with E-state index >= 15 is 0 Å². The minimum absolute atomic E-state index is 0.0229. The van der Waals surface area contributed by atoms with Crippen LogP contribution in [0.5, 0.6) is 0 Å². The Kier molecular flexibility index (Phi) is 4.87. The summed E-state index contributed by atoms with van der Waals surface area (Å²) >= 11 is 1.31. The van der Waals surface area contributed by atoms with E-state index in [1.807, 2.05) is 18.2 Å². The molecular weight excluding hydrogens is 380 g/mol. The fourth-order valence-electron chi connectivity index (χ4n) is 3.13. The molecule has 2 aromatic rings. The number of anilines is 1. The zero-order chi connectivity index (χ0) is 19.7. The van der Waals surface area contributed by atoms with Crippen LogP contribution in [0.4, 0.5) is 5.69 Å². The molecule has 0 aromatic heterocycles. The highest BCUT2D eigenvalue weighted by molar-refractivity contribution is 8.01. The van der Waals surface area contributed by atoms with Crippen LogP contribution in [-0.4, -0.2) is 47.0 Å². The van der Waals surface area contributed by atoms with Gasteiger partial charge in [0.15, 0.2) is 0 Å². The van der Waals surface area contributed by atoms with Crippen molar-refractivity contribution in [3.63, 3.8) is 0 Å². The van der Waals surface area contributed by atoms with Gasteiger partial charge in [0.2, 0.25) is 5.91 Å². The maximum atomic E-state index is 12.3. The van der Waals surface area contributed by atoms with Crippen LogP contribution in [0.3, 0.4) is 0 Å². The van der Waals surface area contributed by atoms with Crippen LogP contribution < -0.4 is 5.32 Å². The number of fused-ring (bicyclic) bond motifs is 2. The summed E-state index contributed by atoms with van der Waals surface area (Å²) in [5.74, 6) is -1.59. The van der Waals surface area contributed by atoms with Gasteiger partial charge in [0.25, 0.3) is 11.8 Å². The van der Waals surface area contributed by atoms with E-state index in [-0.39, 0.29) is 25.5 Å². The first-order chi connectivity index (χ1) is 13.5. The zero-order valence-corrected chi connectivity index (χ0v) is 15.5. The van der Waals surface area contributed by atoms with Crippen molar-refractivity contribution >= 4 is 41.1 Å². The molecule has 2 aliphatic heterocycles. The summed E-state index contributed by atoms with van der Waals surface area (Å²) in [5.41, 5.74) is 1.44. The number of nitrogens with one attached hydrogen (secondary N) is 1. The van der Waals surface area contributed by atoms with Crippen LogP contribution >= 0.6 is 11.8 Å². The topological polar surface area (TPSA) is 92.8 Å². The maximum Gasteiger partial charge on any atom is 0.307 e. The molecule has 0 saturated carbocycles. The normalized spacial score (nSPS) is 17.8. The third-order valence-corrected chi connectivity index (χ3v) is 5.79. The van der Waals surface area contributed by atoms with Crippen LogP contribution in [-0.2, 0) is 14.3 Å². The molecule has 0 unspecified atom stereocenters. The van der Waals surface area contributed by atoms with Crippen LogP contribution in [0.2, 0.25) is 0 Å². The molecule has 1 N–H and O–H groups in total. The molecule has 2 aliphatic rings. The van der Waals surface area contributed by atoms with Crippen molar-refractivity contribution in [2.45, 2.75) is 16.6 Å². The fraction of sp³-hybridized carbons (Fsp3) is 0.200. The molecule has 4 rings (SSSR count). The van der Waals surface area contributed by atoms with Crippen LogP contribution in [0, 0.1) is 0 Å². The number of hydrogen-bond donors (Lipinski definition) is 1. The number of carbonyl (C=O) groups is 4. The lowest BCUT2D eigenvalue weighted by Crippen LogP contribution is -2.34. The average molecular weight is 396 g/mol. The van der Waals surface area contributed by atoms with Gasteiger partial charge in [-0.2, -0.15) is 0 Å². The number of imide groups is 1. The molecule has 0 aliphatic carbocycles. The third kappa shape index (κ3) is 3.38. The van der Waals surface area contributed by atoms with Gasteiger partial charge in [-0.3, -0.25) is 24.1 Å². The second kappa shape index (κ2) is 7.47. The van der Waals surface area contributed by atoms with E-state index in [4.69, 9.17) is 4.74 Å². The standard InChI is InChI=1S/C20H16N2O5S/c23-17(11-16-18(24)21-14-7-3-4-8-15(14)28-16)27-10-9-22-19(25)12-5-1-2-6-13(12)20(22)26/h1-8,16H,9-11H2,(H,21,24)/t16-/m0/s1. The lowest BCUT2D eigenvalue weighted by atomic mass is 10.1. The highest BCUT2D eigenvalue weighted by Crippen LogP contribution is 2.36. The highest BCUT2D eigenvalue weighted by atomic mass is 32.2. The second-order valence-electron chi connectivity index (χ2n) is 6.32. The van der Waals surface area contributed by atoms with E-state index in [9.17, 15) is 19.2 Å². The maximum absolute atomic E-state index is 12.3. The number of amides is 3. The molecule has 2 aromatic carbocycles. The first-order valence-corrected chi connectivity index (χ1v) is 9.60. The Morgan fingerprint density at radius 3 is 2.36 bits per heavy atom. The van der Waals surface area contributed by atoms with Crippen LogP contribution in [0.1, 0.15) is 27.1 Å². The minimum atomic E-state index is -0.582. The fourth-order valence-corrected chi connectivity index (χ4v) is 4.23. The van der Waals surface area contributed by atoms with E-state index in [0.717, 1.165) is 15.5 Å². The Hall–Kier alpha value is -3.13. The first-order valence-electron chi connectivity index (χ1n) is 8.72. The molecule has 7 nitrogen and oxygen atoms in total. The van der Waals surface area contributed by atoms with Crippen molar-refractivity contribution < 1.29 is 23.9 Å². The summed E-state index contributed by atoms with van der Waals surface area (Å²) in [6.45, 7) is -0.134. The molecule has 0 spiro atoms. The van der Waals surface area contributed by atoms with E-state index in [1.165, 1.54) is 11.8 Å². The van der Waals surface area contributed by atoms with Gasteiger partial charge in [0, 0.05) is 4.90 Å². The van der Waals surface area contributed by atoms with Crippen molar-refractivity contribution in [1.29, 1.82) is 0 Å². The van der Waals surface area contributed by atoms with Crippen LogP contribution in [0.25, 0.3) is 0 Å². The molecule has 0 bridgehead atoms. The molecule has 3 amide bonds. The van der Waals surface area contributed by atoms with E-state index in [1.54, 1.807) is 30.3 Å². The summed E-state index contributed by atoms with van der Waals surface area (Å²) in [6, 6.07) is 13.9. The monoisotopic (exact) mass is 396 g/mol. The zero-order valence-electron chi connectivity index (χ0n) is 14.7. The Morgan fingerprint density at radius 2 is 1.64 bits per heavy atom. The molecule has 0 radical (unpaired) electrons. The Balaban J connectivity index is 1.30. The number of hydrogen-bond acceptors (Lipinski definition) is 6. The van der Waals surface area contributed by atoms with Crippen molar-refractivity contribution in [2.24, 2.45) is 0 Å². The first kappa shape index (κ1) is 18.2. The highest BCUT2D eigenvalue weighted by Gasteiger charge is 2.35. The number of carbonyl (C=O) groups excluding carboxylic acids is 4. The molecule has 8 heteroatoms. The van der Waals surface area contributed by atoms with Crippen molar-refractivity contribution in [2.75, 3.05) is 18.5 Å². The molecule has 28 heavy (non-hydrogen) atoms. The van der Waals surface area contributed by atoms with Gasteiger partial charge in [-0.15, -0.1) is 11.8 Å². The van der Waals surface area contributed by atoms with E-state index in [0.29, 0.717) is 11.1 Å². The lowest BCUT2D eigenvalue weighted by molar-refractivity contribution is -0.144. The van der Waals surface area contributed by atoms with Gasteiger partial charge in [-0.1, -0.05) is 24.3 Å². The Morgan fingerprint density at radius 1 is 1.00 bits per heavy atom. The number of nitrogens with zero attached hydrogens (tertiary/aromatic N) is 1. The van der Waals surface area contributed by atoms with Crippen molar-refractivity contribution in [3.05, 3.63) is 59.7 Å². The molecule has 0 saturated heterocycles. The van der Waals surface area contributed by atoms with Crippen molar-refractivity contribution in [3.8, 4) is 0 Å². The lowest BCUT2D eigenvalue weighted by Gasteiger charge is -2.23. The third-order valence-electron chi connectivity index (χ3n) is 4.51. The molecule has 2 heterocycles. The average Bonchev–Trinajstić information content (AvgIpc) is 2.94. The van der Waals surface area contributed by atoms with Gasteiger partial charge >= 0.3 is 5.97 Å². The van der Waals surface area contributed by atoms with E-state index in [2.05, 4.69) is 5.32 Å². The number of esters is 1. The van der Waals surface area contributed by atoms with Gasteiger partial charge in [-0.25, -0.2) is 0 Å². The number of ether oxygens (including phenoxy) is 1. The summed E-state index contributed by atoms with van der Waals surface area (Å²) in [6.07, 6.45) is -0.0903. The van der Waals surface area contributed by atoms with Gasteiger partial charge in [-0.05, 0) is 24.3 Å². The van der Waals surface area contributed by atoms with Gasteiger partial charge in [0.05, 0.1) is 35.0 Å². The number of rotatable bonds is 5. The number of para-hydroxylation sites is 1. The Labute approximate surface area is 165 Å². The molecular formula is C20H16N2O5S. The minimum Gasteiger partial charge on any atom is -0.464 e. The van der Waals surface area contributed by atoms with Crippen LogP contribution in [0.15, 0.2) is 53.4 Å². The largest absolute Gasteiger partial charge is 0.464 e.